The molecule has 0 radical (unpaired) electrons. The molecule has 0 atom stereocenters. The van der Waals surface area contributed by atoms with E-state index in [4.69, 9.17) is 0 Å². The van der Waals surface area contributed by atoms with E-state index in [0.717, 1.165) is 5.71 Å². The number of benzene rings is 1. The molecule has 1 aliphatic carbocycles. The highest BCUT2D eigenvalue weighted by Crippen LogP contribution is 2.11. The smallest absolute Gasteiger partial charge is 0.307 e. The highest BCUT2D eigenvalue weighted by molar-refractivity contribution is 5.97. The molecule has 1 saturated carbocycles. The Kier molecular flexibility index (Phi) is 4.06. The zero-order valence-corrected chi connectivity index (χ0v) is 9.98. The Hall–Kier alpha value is -2.17. The number of amides is 2. The summed E-state index contributed by atoms with van der Waals surface area (Å²) in [5.74, 6) is 0.266. The Morgan fingerprint density at radius 3 is 2.39 bits per heavy atom. The zero-order chi connectivity index (χ0) is 12.8. The molecule has 2 N–H and O–H groups in total. The minimum Gasteiger partial charge on any atom is -0.307 e. The number of hydrogen-bond donors (Lipinski definition) is 2. The van der Waals surface area contributed by atoms with Crippen LogP contribution in [0.25, 0.3) is 0 Å². The van der Waals surface area contributed by atoms with E-state index in [1.54, 1.807) is 12.1 Å². The summed E-state index contributed by atoms with van der Waals surface area (Å²) < 4.78 is 0. The van der Waals surface area contributed by atoms with E-state index in [0.29, 0.717) is 31.4 Å². The molecule has 2 amide bonds. The van der Waals surface area contributed by atoms with E-state index < -0.39 is 0 Å². The predicted octanol–water partition coefficient (Wildman–Crippen LogP) is 2.31. The summed E-state index contributed by atoms with van der Waals surface area (Å²) in [6, 6.07) is 8.79. The fourth-order valence-corrected chi connectivity index (χ4v) is 1.74. The molecule has 0 unspecified atom stereocenters. The normalized spacial score (nSPS) is 15.1. The maximum atomic E-state index is 11.5. The minimum atomic E-state index is -0.370. The molecule has 1 aromatic rings. The van der Waals surface area contributed by atoms with E-state index in [9.17, 15) is 9.59 Å². The van der Waals surface area contributed by atoms with Crippen molar-refractivity contribution in [1.82, 2.24) is 5.43 Å². The second kappa shape index (κ2) is 5.95. The van der Waals surface area contributed by atoms with Gasteiger partial charge in [-0.15, -0.1) is 0 Å². The molecule has 18 heavy (non-hydrogen) atoms. The van der Waals surface area contributed by atoms with Crippen LogP contribution in [0.2, 0.25) is 0 Å². The van der Waals surface area contributed by atoms with Crippen molar-refractivity contribution in [3.8, 4) is 0 Å². The van der Waals surface area contributed by atoms with Crippen molar-refractivity contribution in [3.63, 3.8) is 0 Å². The third kappa shape index (κ3) is 3.69. The van der Waals surface area contributed by atoms with Crippen molar-refractivity contribution >= 4 is 23.2 Å². The first kappa shape index (κ1) is 12.3. The van der Waals surface area contributed by atoms with Gasteiger partial charge in [0.05, 0.1) is 0 Å². The topological polar surface area (TPSA) is 70.6 Å². The van der Waals surface area contributed by atoms with Gasteiger partial charge in [-0.3, -0.25) is 4.79 Å². The van der Waals surface area contributed by atoms with Gasteiger partial charge >= 0.3 is 6.03 Å². The van der Waals surface area contributed by atoms with Gasteiger partial charge in [0, 0.05) is 24.2 Å². The molecule has 0 saturated heterocycles. The molecule has 5 nitrogen and oxygen atoms in total. The van der Waals surface area contributed by atoms with Gasteiger partial charge in [-0.1, -0.05) is 18.2 Å². The summed E-state index contributed by atoms with van der Waals surface area (Å²) in [6.07, 6.45) is 2.34. The summed E-state index contributed by atoms with van der Waals surface area (Å²) in [4.78, 5) is 22.6. The maximum Gasteiger partial charge on any atom is 0.339 e. The van der Waals surface area contributed by atoms with Gasteiger partial charge in [0.15, 0.2) is 0 Å². The second-order valence-electron chi connectivity index (χ2n) is 4.15. The lowest BCUT2D eigenvalue weighted by atomic mass is 9.97. The molecule has 1 aliphatic rings. The largest absolute Gasteiger partial charge is 0.339 e. The minimum absolute atomic E-state index is 0.266. The summed E-state index contributed by atoms with van der Waals surface area (Å²) in [7, 11) is 0. The number of urea groups is 1. The van der Waals surface area contributed by atoms with E-state index in [2.05, 4.69) is 15.8 Å². The summed E-state index contributed by atoms with van der Waals surface area (Å²) in [5, 5.41) is 6.68. The van der Waals surface area contributed by atoms with E-state index >= 15 is 0 Å². The number of hydrogen-bond acceptors (Lipinski definition) is 3. The molecule has 1 aromatic carbocycles. The van der Waals surface area contributed by atoms with E-state index in [1.807, 2.05) is 18.2 Å². The standard InChI is InChI=1S/C13H15N3O2/c17-12-8-6-11(7-9-12)15-16-13(18)14-10-4-2-1-3-5-10/h1-5H,6-9H2,(H2,14,16,18). The summed E-state index contributed by atoms with van der Waals surface area (Å²) >= 11 is 0. The molecular weight excluding hydrogens is 230 g/mol. The quantitative estimate of drug-likeness (QED) is 0.785. The summed E-state index contributed by atoms with van der Waals surface area (Å²) in [5.41, 5.74) is 4.03. The van der Waals surface area contributed by atoms with Gasteiger partial charge in [-0.05, 0) is 25.0 Å². The van der Waals surface area contributed by atoms with Crippen molar-refractivity contribution < 1.29 is 9.59 Å². The van der Waals surface area contributed by atoms with Gasteiger partial charge < -0.3 is 5.32 Å². The van der Waals surface area contributed by atoms with Gasteiger partial charge in [-0.25, -0.2) is 10.2 Å². The van der Waals surface area contributed by atoms with Crippen LogP contribution in [0.1, 0.15) is 25.7 Å². The van der Waals surface area contributed by atoms with Crippen molar-refractivity contribution in [2.45, 2.75) is 25.7 Å². The van der Waals surface area contributed by atoms with Crippen LogP contribution in [-0.2, 0) is 4.79 Å². The predicted molar refractivity (Wildman–Crippen MR) is 69.5 cm³/mol. The van der Waals surface area contributed by atoms with Crippen LogP contribution in [0.3, 0.4) is 0 Å². The number of nitrogens with zero attached hydrogens (tertiary/aromatic N) is 1. The first-order valence-corrected chi connectivity index (χ1v) is 5.93. The average Bonchev–Trinajstić information content (AvgIpc) is 2.39. The highest BCUT2D eigenvalue weighted by atomic mass is 16.2. The van der Waals surface area contributed by atoms with Crippen LogP contribution in [0.15, 0.2) is 35.4 Å². The van der Waals surface area contributed by atoms with Crippen LogP contribution >= 0.6 is 0 Å². The first-order valence-electron chi connectivity index (χ1n) is 5.93. The SMILES string of the molecule is O=C1CCC(=NNC(=O)Nc2ccccc2)CC1. The Morgan fingerprint density at radius 2 is 1.72 bits per heavy atom. The van der Waals surface area contributed by atoms with Gasteiger partial charge in [-0.2, -0.15) is 5.10 Å². The van der Waals surface area contributed by atoms with Gasteiger partial charge in [0.2, 0.25) is 0 Å². The van der Waals surface area contributed by atoms with E-state index in [1.165, 1.54) is 0 Å². The lowest BCUT2D eigenvalue weighted by Crippen LogP contribution is -2.26. The van der Waals surface area contributed by atoms with Crippen molar-refractivity contribution in [3.05, 3.63) is 30.3 Å². The number of ketones is 1. The number of anilines is 1. The van der Waals surface area contributed by atoms with Gasteiger partial charge in [0.25, 0.3) is 0 Å². The third-order valence-electron chi connectivity index (χ3n) is 2.73. The second-order valence-corrected chi connectivity index (χ2v) is 4.15. The Labute approximate surface area is 105 Å². The van der Waals surface area contributed by atoms with Crippen LogP contribution < -0.4 is 10.7 Å². The molecule has 5 heteroatoms. The monoisotopic (exact) mass is 245 g/mol. The number of rotatable bonds is 2. The molecule has 0 heterocycles. The Morgan fingerprint density at radius 1 is 1.06 bits per heavy atom. The van der Waals surface area contributed by atoms with Crippen molar-refractivity contribution in [1.29, 1.82) is 0 Å². The lowest BCUT2D eigenvalue weighted by Gasteiger charge is -2.11. The number of para-hydroxylation sites is 1. The number of carbonyl (C=O) groups excluding carboxylic acids is 2. The fraction of sp³-hybridized carbons (Fsp3) is 0.308. The van der Waals surface area contributed by atoms with Crippen molar-refractivity contribution in [2.24, 2.45) is 5.10 Å². The molecule has 0 bridgehead atoms. The van der Waals surface area contributed by atoms with Crippen molar-refractivity contribution in [2.75, 3.05) is 5.32 Å². The maximum absolute atomic E-state index is 11.5. The van der Waals surface area contributed by atoms with Gasteiger partial charge in [0.1, 0.15) is 5.78 Å². The number of nitrogens with one attached hydrogen (secondary N) is 2. The van der Waals surface area contributed by atoms with Crippen LogP contribution in [0.5, 0.6) is 0 Å². The number of hydrazone groups is 1. The molecular formula is C13H15N3O2. The molecule has 2 rings (SSSR count). The number of Topliss-reactive ketones (excluding diaryl/α,β-unsaturated/α-hetero) is 1. The average molecular weight is 245 g/mol. The fourth-order valence-electron chi connectivity index (χ4n) is 1.74. The van der Waals surface area contributed by atoms with Crippen LogP contribution in [0.4, 0.5) is 10.5 Å². The molecule has 0 aromatic heterocycles. The lowest BCUT2D eigenvalue weighted by molar-refractivity contribution is -0.119. The number of carbonyl (C=O) groups is 2. The zero-order valence-electron chi connectivity index (χ0n) is 9.98. The molecule has 0 aliphatic heterocycles. The van der Waals surface area contributed by atoms with E-state index in [-0.39, 0.29) is 11.8 Å². The molecule has 94 valence electrons. The first-order chi connectivity index (χ1) is 8.74. The Bertz CT molecular complexity index is 456. The Balaban J connectivity index is 1.81. The van der Waals surface area contributed by atoms with Crippen LogP contribution in [0, 0.1) is 0 Å². The molecule has 1 fully saturated rings. The molecule has 0 spiro atoms. The highest BCUT2D eigenvalue weighted by Gasteiger charge is 2.13. The summed E-state index contributed by atoms with van der Waals surface area (Å²) in [6.45, 7) is 0. The third-order valence-corrected chi connectivity index (χ3v) is 2.73. The van der Waals surface area contributed by atoms with Crippen LogP contribution in [-0.4, -0.2) is 17.5 Å².